The molecule has 0 saturated heterocycles. The molecule has 0 saturated carbocycles. The molecular formula is C9H6ClN5. The maximum absolute atomic E-state index is 6.01. The van der Waals surface area contributed by atoms with Crippen LogP contribution in [0.5, 0.6) is 0 Å². The van der Waals surface area contributed by atoms with Crippen molar-refractivity contribution in [3.8, 4) is 11.5 Å². The predicted octanol–water partition coefficient (Wildman–Crippen LogP) is 2.00. The average Bonchev–Trinajstić information content (AvgIpc) is 2.86. The molecule has 6 heteroatoms. The van der Waals surface area contributed by atoms with Crippen molar-refractivity contribution in [2.75, 3.05) is 0 Å². The number of nitrogens with zero attached hydrogens (tertiary/aromatic N) is 3. The minimum atomic E-state index is 0.624. The van der Waals surface area contributed by atoms with Gasteiger partial charge < -0.3 is 4.98 Å². The average molecular weight is 220 g/mol. The molecule has 15 heavy (non-hydrogen) atoms. The Bertz CT molecular complexity index is 598. The normalized spacial score (nSPS) is 11.0. The summed E-state index contributed by atoms with van der Waals surface area (Å²) in [6, 6.07) is 5.59. The van der Waals surface area contributed by atoms with Gasteiger partial charge in [-0.05, 0) is 12.1 Å². The van der Waals surface area contributed by atoms with E-state index in [-0.39, 0.29) is 0 Å². The van der Waals surface area contributed by atoms with E-state index >= 15 is 0 Å². The van der Waals surface area contributed by atoms with Crippen molar-refractivity contribution >= 4 is 22.6 Å². The Morgan fingerprint density at radius 3 is 2.93 bits per heavy atom. The van der Waals surface area contributed by atoms with Crippen LogP contribution in [0.3, 0.4) is 0 Å². The molecule has 0 aliphatic rings. The highest BCUT2D eigenvalue weighted by Gasteiger charge is 2.08. The summed E-state index contributed by atoms with van der Waals surface area (Å²) in [6.07, 6.45) is 1.60. The molecule has 0 atom stereocenters. The van der Waals surface area contributed by atoms with Crippen molar-refractivity contribution in [2.24, 2.45) is 0 Å². The van der Waals surface area contributed by atoms with Gasteiger partial charge in [-0.2, -0.15) is 15.4 Å². The summed E-state index contributed by atoms with van der Waals surface area (Å²) < 4.78 is 0. The smallest absolute Gasteiger partial charge is 0.160 e. The number of aromatic nitrogens is 5. The SMILES string of the molecule is Clc1cccc2[nH]c(-c3cn[nH]n3)nc12. The van der Waals surface area contributed by atoms with Gasteiger partial charge in [0.1, 0.15) is 11.2 Å². The number of fused-ring (bicyclic) bond motifs is 1. The Labute approximate surface area is 89.5 Å². The first kappa shape index (κ1) is 8.43. The van der Waals surface area contributed by atoms with Gasteiger partial charge in [0.25, 0.3) is 0 Å². The lowest BCUT2D eigenvalue weighted by molar-refractivity contribution is 0.940. The van der Waals surface area contributed by atoms with Crippen molar-refractivity contribution in [3.63, 3.8) is 0 Å². The van der Waals surface area contributed by atoms with E-state index in [1.807, 2.05) is 12.1 Å². The van der Waals surface area contributed by atoms with Gasteiger partial charge in [-0.15, -0.1) is 0 Å². The molecule has 2 aromatic heterocycles. The van der Waals surface area contributed by atoms with Crippen LogP contribution in [0.15, 0.2) is 24.4 Å². The van der Waals surface area contributed by atoms with Gasteiger partial charge in [0.15, 0.2) is 5.82 Å². The molecule has 74 valence electrons. The van der Waals surface area contributed by atoms with Crippen molar-refractivity contribution in [2.45, 2.75) is 0 Å². The van der Waals surface area contributed by atoms with Crippen molar-refractivity contribution in [1.29, 1.82) is 0 Å². The number of aromatic amines is 2. The molecule has 0 spiro atoms. The van der Waals surface area contributed by atoms with Crippen LogP contribution in [0, 0.1) is 0 Å². The lowest BCUT2D eigenvalue weighted by Crippen LogP contribution is -1.79. The fraction of sp³-hybridized carbons (Fsp3) is 0. The molecule has 0 bridgehead atoms. The molecule has 5 nitrogen and oxygen atoms in total. The summed E-state index contributed by atoms with van der Waals surface area (Å²) in [4.78, 5) is 7.47. The van der Waals surface area contributed by atoms with E-state index in [0.717, 1.165) is 11.0 Å². The first-order chi connectivity index (χ1) is 7.34. The first-order valence-electron chi connectivity index (χ1n) is 4.35. The van der Waals surface area contributed by atoms with Crippen LogP contribution in [0.25, 0.3) is 22.6 Å². The second kappa shape index (κ2) is 3.06. The monoisotopic (exact) mass is 219 g/mol. The van der Waals surface area contributed by atoms with E-state index in [2.05, 4.69) is 25.4 Å². The van der Waals surface area contributed by atoms with Crippen molar-refractivity contribution < 1.29 is 0 Å². The van der Waals surface area contributed by atoms with Crippen LogP contribution in [-0.2, 0) is 0 Å². The molecule has 3 rings (SSSR count). The van der Waals surface area contributed by atoms with Crippen LogP contribution in [0.4, 0.5) is 0 Å². The second-order valence-electron chi connectivity index (χ2n) is 3.08. The summed E-state index contributed by atoms with van der Waals surface area (Å²) in [5.74, 6) is 0.659. The first-order valence-corrected chi connectivity index (χ1v) is 4.73. The number of nitrogens with one attached hydrogen (secondary N) is 2. The third-order valence-corrected chi connectivity index (χ3v) is 2.43. The number of benzene rings is 1. The van der Waals surface area contributed by atoms with Gasteiger partial charge in [0.05, 0.1) is 16.7 Å². The zero-order valence-electron chi connectivity index (χ0n) is 7.53. The van der Waals surface area contributed by atoms with Gasteiger partial charge in [-0.1, -0.05) is 17.7 Å². The standard InChI is InChI=1S/C9H6ClN5/c10-5-2-1-3-6-8(5)13-9(12-6)7-4-11-15-14-7/h1-4H,(H,12,13)(H,11,14,15). The minimum Gasteiger partial charge on any atom is -0.336 e. The number of para-hydroxylation sites is 1. The van der Waals surface area contributed by atoms with Gasteiger partial charge in [-0.25, -0.2) is 4.98 Å². The van der Waals surface area contributed by atoms with Crippen LogP contribution in [0.2, 0.25) is 5.02 Å². The van der Waals surface area contributed by atoms with E-state index < -0.39 is 0 Å². The van der Waals surface area contributed by atoms with Gasteiger partial charge in [0, 0.05) is 0 Å². The Kier molecular flexibility index (Phi) is 1.72. The highest BCUT2D eigenvalue weighted by Crippen LogP contribution is 2.23. The number of halogens is 1. The third kappa shape index (κ3) is 1.28. The molecule has 0 fully saturated rings. The molecule has 3 aromatic rings. The molecule has 0 aliphatic carbocycles. The van der Waals surface area contributed by atoms with E-state index in [4.69, 9.17) is 11.6 Å². The van der Waals surface area contributed by atoms with Gasteiger partial charge in [-0.3, -0.25) is 0 Å². The summed E-state index contributed by atoms with van der Waals surface area (Å²) in [5, 5.41) is 10.8. The molecular weight excluding hydrogens is 214 g/mol. The van der Waals surface area contributed by atoms with Crippen LogP contribution in [-0.4, -0.2) is 25.4 Å². The number of hydrogen-bond acceptors (Lipinski definition) is 3. The molecule has 0 aliphatic heterocycles. The third-order valence-electron chi connectivity index (χ3n) is 2.12. The summed E-state index contributed by atoms with van der Waals surface area (Å²) in [7, 11) is 0. The number of H-pyrrole nitrogens is 2. The van der Waals surface area contributed by atoms with Crippen LogP contribution < -0.4 is 0 Å². The highest BCUT2D eigenvalue weighted by atomic mass is 35.5. The Morgan fingerprint density at radius 1 is 1.27 bits per heavy atom. The quantitative estimate of drug-likeness (QED) is 0.658. The number of rotatable bonds is 1. The second-order valence-corrected chi connectivity index (χ2v) is 3.48. The lowest BCUT2D eigenvalue weighted by atomic mass is 10.3. The van der Waals surface area contributed by atoms with E-state index in [1.54, 1.807) is 12.3 Å². The number of hydrogen-bond donors (Lipinski definition) is 2. The summed E-state index contributed by atoms with van der Waals surface area (Å²) in [5.41, 5.74) is 2.31. The molecule has 0 unspecified atom stereocenters. The maximum Gasteiger partial charge on any atom is 0.160 e. The van der Waals surface area contributed by atoms with Gasteiger partial charge in [0.2, 0.25) is 0 Å². The Morgan fingerprint density at radius 2 is 2.20 bits per heavy atom. The maximum atomic E-state index is 6.01. The Hall–Kier alpha value is -1.88. The summed E-state index contributed by atoms with van der Waals surface area (Å²) in [6.45, 7) is 0. The van der Waals surface area contributed by atoms with E-state index in [9.17, 15) is 0 Å². The van der Waals surface area contributed by atoms with Crippen LogP contribution >= 0.6 is 11.6 Å². The molecule has 1 aromatic carbocycles. The molecule has 0 radical (unpaired) electrons. The molecule has 0 amide bonds. The largest absolute Gasteiger partial charge is 0.336 e. The van der Waals surface area contributed by atoms with Crippen molar-refractivity contribution in [3.05, 3.63) is 29.4 Å². The molecule has 2 N–H and O–H groups in total. The Balaban J connectivity index is 2.27. The zero-order chi connectivity index (χ0) is 10.3. The van der Waals surface area contributed by atoms with Crippen molar-refractivity contribution in [1.82, 2.24) is 25.4 Å². The van der Waals surface area contributed by atoms with E-state index in [1.165, 1.54) is 0 Å². The fourth-order valence-electron chi connectivity index (χ4n) is 1.43. The fourth-order valence-corrected chi connectivity index (χ4v) is 1.65. The summed E-state index contributed by atoms with van der Waals surface area (Å²) >= 11 is 6.01. The van der Waals surface area contributed by atoms with Crippen LogP contribution in [0.1, 0.15) is 0 Å². The zero-order valence-corrected chi connectivity index (χ0v) is 8.28. The minimum absolute atomic E-state index is 0.624. The molecule has 2 heterocycles. The predicted molar refractivity (Wildman–Crippen MR) is 56.5 cm³/mol. The van der Waals surface area contributed by atoms with Gasteiger partial charge >= 0.3 is 0 Å². The highest BCUT2D eigenvalue weighted by molar-refractivity contribution is 6.34. The van der Waals surface area contributed by atoms with E-state index in [0.29, 0.717) is 16.5 Å². The topological polar surface area (TPSA) is 70.2 Å². The lowest BCUT2D eigenvalue weighted by Gasteiger charge is -1.88. The number of imidazole rings is 1.